The Hall–Kier alpha value is -2.12. The van der Waals surface area contributed by atoms with Crippen molar-refractivity contribution in [3.63, 3.8) is 0 Å². The van der Waals surface area contributed by atoms with Gasteiger partial charge in [0.2, 0.25) is 0 Å². The molecule has 2 heterocycles. The van der Waals surface area contributed by atoms with Gasteiger partial charge in [0.1, 0.15) is 11.2 Å². The number of carbonyl (C=O) groups is 1. The van der Waals surface area contributed by atoms with Gasteiger partial charge in [-0.25, -0.2) is 9.18 Å². The Balaban J connectivity index is 1.59. The van der Waals surface area contributed by atoms with Crippen LogP contribution >= 0.6 is 23.1 Å². The molecule has 26 heavy (non-hydrogen) atoms. The van der Waals surface area contributed by atoms with Gasteiger partial charge < -0.3 is 10.0 Å². The van der Waals surface area contributed by atoms with E-state index in [0.717, 1.165) is 29.0 Å². The molecule has 0 aliphatic carbocycles. The first-order valence-corrected chi connectivity index (χ1v) is 10.2. The number of aromatic nitrogens is 1. The second-order valence-corrected chi connectivity index (χ2v) is 8.02. The van der Waals surface area contributed by atoms with Gasteiger partial charge in [-0.15, -0.1) is 23.1 Å². The molecule has 0 radical (unpaired) electrons. The van der Waals surface area contributed by atoms with Crippen LogP contribution < -0.4 is 0 Å². The molecule has 4 nitrogen and oxygen atoms in total. The summed E-state index contributed by atoms with van der Waals surface area (Å²) in [5, 5.41) is 9.30. The standard InChI is InChI=1S/C19H19FN2O2S2/c20-15-7-5-14(6-8-15)3-2-10-25-18-17(19(23)24)4-1-9-22(18)12-16-11-21-13-26-16/h1,4-9,11,13,18H,2-3,10,12H2,(H,23,24). The first kappa shape index (κ1) is 18.7. The van der Waals surface area contributed by atoms with Crippen molar-refractivity contribution in [2.45, 2.75) is 24.8 Å². The minimum Gasteiger partial charge on any atom is -0.478 e. The molecule has 1 N–H and O–H groups in total. The lowest BCUT2D eigenvalue weighted by molar-refractivity contribution is -0.133. The van der Waals surface area contributed by atoms with E-state index in [4.69, 9.17) is 0 Å². The Morgan fingerprint density at radius 3 is 2.85 bits per heavy atom. The number of carboxylic acid groups (broad SMARTS) is 1. The lowest BCUT2D eigenvalue weighted by Crippen LogP contribution is -2.34. The molecule has 0 spiro atoms. The SMILES string of the molecule is O=C(O)C1=CC=CN(Cc2cncs2)C1SCCCc1ccc(F)cc1. The molecule has 1 unspecified atom stereocenters. The molecule has 1 aliphatic rings. The quantitative estimate of drug-likeness (QED) is 0.681. The van der Waals surface area contributed by atoms with E-state index < -0.39 is 5.97 Å². The van der Waals surface area contributed by atoms with Crippen molar-refractivity contribution >= 4 is 29.1 Å². The number of benzene rings is 1. The summed E-state index contributed by atoms with van der Waals surface area (Å²) in [6, 6.07) is 6.52. The number of allylic oxidation sites excluding steroid dienone is 2. The Labute approximate surface area is 160 Å². The van der Waals surface area contributed by atoms with Gasteiger partial charge in [0.15, 0.2) is 0 Å². The van der Waals surface area contributed by atoms with Crippen LogP contribution in [0.1, 0.15) is 16.9 Å². The van der Waals surface area contributed by atoms with Crippen LogP contribution in [0.25, 0.3) is 0 Å². The maximum atomic E-state index is 13.0. The Morgan fingerprint density at radius 1 is 1.35 bits per heavy atom. The molecule has 1 aromatic carbocycles. The largest absolute Gasteiger partial charge is 0.478 e. The van der Waals surface area contributed by atoms with Crippen molar-refractivity contribution in [1.82, 2.24) is 9.88 Å². The summed E-state index contributed by atoms with van der Waals surface area (Å²) < 4.78 is 13.0. The van der Waals surface area contributed by atoms with Crippen molar-refractivity contribution in [2.24, 2.45) is 0 Å². The molecule has 3 rings (SSSR count). The predicted octanol–water partition coefficient (Wildman–Crippen LogP) is 4.31. The lowest BCUT2D eigenvalue weighted by Gasteiger charge is -2.32. The van der Waals surface area contributed by atoms with Gasteiger partial charge in [0, 0.05) is 17.3 Å². The van der Waals surface area contributed by atoms with E-state index in [1.807, 2.05) is 17.3 Å². The topological polar surface area (TPSA) is 53.4 Å². The Bertz CT molecular complexity index is 788. The highest BCUT2D eigenvalue weighted by Crippen LogP contribution is 2.30. The van der Waals surface area contributed by atoms with Crippen molar-refractivity contribution < 1.29 is 14.3 Å². The fraction of sp³-hybridized carbons (Fsp3) is 0.263. The van der Waals surface area contributed by atoms with Crippen LogP contribution in [0, 0.1) is 5.82 Å². The molecular formula is C19H19FN2O2S2. The molecule has 136 valence electrons. The first-order valence-electron chi connectivity index (χ1n) is 8.24. The number of hydrogen-bond acceptors (Lipinski definition) is 5. The van der Waals surface area contributed by atoms with Crippen molar-refractivity contribution in [3.05, 3.63) is 76.2 Å². The van der Waals surface area contributed by atoms with E-state index >= 15 is 0 Å². The fourth-order valence-corrected chi connectivity index (χ4v) is 4.55. The van der Waals surface area contributed by atoms with Crippen LogP contribution in [0.5, 0.6) is 0 Å². The highest BCUT2D eigenvalue weighted by atomic mass is 32.2. The summed E-state index contributed by atoms with van der Waals surface area (Å²) in [5.41, 5.74) is 3.26. The van der Waals surface area contributed by atoms with Crippen molar-refractivity contribution in [2.75, 3.05) is 5.75 Å². The number of halogens is 1. The molecule has 7 heteroatoms. The first-order chi connectivity index (χ1) is 12.6. The number of aryl methyl sites for hydroxylation is 1. The van der Waals surface area contributed by atoms with Gasteiger partial charge in [0.25, 0.3) is 0 Å². The summed E-state index contributed by atoms with van der Waals surface area (Å²) in [5.74, 6) is -0.300. The maximum Gasteiger partial charge on any atom is 0.334 e. The average molecular weight is 391 g/mol. The van der Waals surface area contributed by atoms with Gasteiger partial charge in [-0.2, -0.15) is 0 Å². The number of thioether (sulfide) groups is 1. The van der Waals surface area contributed by atoms with Crippen molar-refractivity contribution in [3.8, 4) is 0 Å². The van der Waals surface area contributed by atoms with Crippen LogP contribution in [-0.2, 0) is 17.8 Å². The average Bonchev–Trinajstić information content (AvgIpc) is 3.14. The van der Waals surface area contributed by atoms with Gasteiger partial charge in [-0.1, -0.05) is 12.1 Å². The fourth-order valence-electron chi connectivity index (χ4n) is 2.72. The minimum atomic E-state index is -0.889. The van der Waals surface area contributed by atoms with Crippen LogP contribution in [0.3, 0.4) is 0 Å². The molecule has 0 fully saturated rings. The third-order valence-corrected chi connectivity index (χ3v) is 6.12. The molecule has 0 amide bonds. The van der Waals surface area contributed by atoms with E-state index in [-0.39, 0.29) is 11.2 Å². The number of carboxylic acids is 1. The van der Waals surface area contributed by atoms with E-state index in [0.29, 0.717) is 12.1 Å². The highest BCUT2D eigenvalue weighted by molar-refractivity contribution is 8.00. The lowest BCUT2D eigenvalue weighted by atomic mass is 10.1. The van der Waals surface area contributed by atoms with E-state index in [9.17, 15) is 14.3 Å². The second kappa shape index (κ2) is 9.00. The van der Waals surface area contributed by atoms with E-state index in [2.05, 4.69) is 4.98 Å². The van der Waals surface area contributed by atoms with Gasteiger partial charge in [0.05, 0.1) is 17.6 Å². The molecule has 1 atom stereocenters. The van der Waals surface area contributed by atoms with Crippen molar-refractivity contribution in [1.29, 1.82) is 0 Å². The normalized spacial score (nSPS) is 16.6. The van der Waals surface area contributed by atoms with E-state index in [1.54, 1.807) is 52.9 Å². The zero-order valence-electron chi connectivity index (χ0n) is 14.0. The predicted molar refractivity (Wildman–Crippen MR) is 103 cm³/mol. The molecule has 0 saturated carbocycles. The van der Waals surface area contributed by atoms with Gasteiger partial charge >= 0.3 is 5.97 Å². The monoisotopic (exact) mass is 390 g/mol. The van der Waals surface area contributed by atoms with Crippen LogP contribution in [0.4, 0.5) is 4.39 Å². The maximum absolute atomic E-state index is 13.0. The summed E-state index contributed by atoms with van der Waals surface area (Å²) in [4.78, 5) is 18.8. The molecular weight excluding hydrogens is 371 g/mol. The zero-order valence-corrected chi connectivity index (χ0v) is 15.7. The van der Waals surface area contributed by atoms with Crippen LogP contribution in [0.2, 0.25) is 0 Å². The van der Waals surface area contributed by atoms with E-state index in [1.165, 1.54) is 12.1 Å². The summed E-state index contributed by atoms with van der Waals surface area (Å²) in [7, 11) is 0. The Kier molecular flexibility index (Phi) is 6.46. The Morgan fingerprint density at radius 2 is 2.15 bits per heavy atom. The molecule has 1 aromatic heterocycles. The zero-order chi connectivity index (χ0) is 18.4. The number of rotatable bonds is 8. The number of hydrogen-bond donors (Lipinski definition) is 1. The minimum absolute atomic E-state index is 0.229. The van der Waals surface area contributed by atoms with Crippen LogP contribution in [-0.4, -0.2) is 32.1 Å². The number of thiazole rings is 1. The third kappa shape index (κ3) is 4.95. The van der Waals surface area contributed by atoms with Gasteiger partial charge in [-0.3, -0.25) is 4.98 Å². The third-order valence-electron chi connectivity index (χ3n) is 3.99. The van der Waals surface area contributed by atoms with Crippen LogP contribution in [0.15, 0.2) is 59.9 Å². The number of nitrogens with zero attached hydrogens (tertiary/aromatic N) is 2. The summed E-state index contributed by atoms with van der Waals surface area (Å²) in [6.45, 7) is 0.640. The second-order valence-electron chi connectivity index (χ2n) is 5.86. The molecule has 0 saturated heterocycles. The smallest absolute Gasteiger partial charge is 0.334 e. The molecule has 2 aromatic rings. The number of aliphatic carboxylic acids is 1. The molecule has 0 bridgehead atoms. The molecule has 1 aliphatic heterocycles. The highest BCUT2D eigenvalue weighted by Gasteiger charge is 2.27. The summed E-state index contributed by atoms with van der Waals surface area (Å²) in [6.07, 6.45) is 8.94. The van der Waals surface area contributed by atoms with Gasteiger partial charge in [-0.05, 0) is 48.4 Å². The summed E-state index contributed by atoms with van der Waals surface area (Å²) >= 11 is 3.18.